The first-order valence-corrected chi connectivity index (χ1v) is 23.9. The molecule has 4 aliphatic heterocycles. The first-order valence-electron chi connectivity index (χ1n) is 21.0. The Morgan fingerprint density at radius 2 is 1.16 bits per heavy atom. The molecule has 372 valence electrons. The number of hydrogen-bond acceptors (Lipinski definition) is 22. The van der Waals surface area contributed by atoms with Crippen LogP contribution < -0.4 is 47.7 Å². The Morgan fingerprint density at radius 3 is 1.61 bits per heavy atom. The van der Waals surface area contributed by atoms with Gasteiger partial charge in [-0.3, -0.25) is 28.7 Å². The number of urea groups is 1. The van der Waals surface area contributed by atoms with Crippen LogP contribution >= 0.6 is 16.3 Å². The van der Waals surface area contributed by atoms with Crippen LogP contribution in [0.5, 0.6) is 0 Å². The Kier molecular flexibility index (Phi) is 17.5. The van der Waals surface area contributed by atoms with Crippen molar-refractivity contribution < 1.29 is 101 Å². The molecule has 6 rings (SSSR count). The van der Waals surface area contributed by atoms with Crippen LogP contribution in [0.25, 0.3) is 0 Å². The highest BCUT2D eigenvalue weighted by molar-refractivity contribution is 7.54. The molecular formula is C35H54N8O22P2+4. The maximum atomic E-state index is 14.8. The number of carbonyl (C=O) groups is 2. The number of hydroxylamine groups is 4. The van der Waals surface area contributed by atoms with Gasteiger partial charge in [-0.05, 0) is 27.7 Å². The van der Waals surface area contributed by atoms with Crippen LogP contribution in [0.2, 0.25) is 0 Å². The molecule has 2 unspecified atom stereocenters. The summed E-state index contributed by atoms with van der Waals surface area (Å²) >= 11 is 0. The van der Waals surface area contributed by atoms with Crippen molar-refractivity contribution in [1.82, 2.24) is 24.4 Å². The number of phosphoric ester groups is 2. The number of nitrogens with one attached hydrogen (secondary N) is 5. The predicted octanol–water partition coefficient (Wildman–Crippen LogP) is -8.83. The maximum Gasteiger partial charge on any atom is 0.507 e. The number of H-pyrrole nitrogens is 2. The van der Waals surface area contributed by atoms with E-state index in [1.807, 2.05) is 15.3 Å². The highest BCUT2D eigenvalue weighted by Gasteiger charge is 2.59. The molecule has 0 radical (unpaired) electrons. The van der Waals surface area contributed by atoms with Crippen molar-refractivity contribution >= 4 is 34.5 Å². The van der Waals surface area contributed by atoms with Gasteiger partial charge in [0, 0.05) is 33.8 Å². The quantitative estimate of drug-likeness (QED) is 0.0227. The van der Waals surface area contributed by atoms with E-state index in [0.717, 1.165) is 50.9 Å². The summed E-state index contributed by atoms with van der Waals surface area (Å²) in [4.78, 5) is 107. The number of hydrogen-bond donors (Lipinski definition) is 10. The Balaban J connectivity index is 1.29. The van der Waals surface area contributed by atoms with Gasteiger partial charge >= 0.3 is 39.7 Å². The van der Waals surface area contributed by atoms with Gasteiger partial charge in [-0.15, -0.1) is 20.0 Å². The molecule has 2 aromatic rings. The average Bonchev–Trinajstić information content (AvgIpc) is 3.87. The average molecular weight is 1000 g/mol. The summed E-state index contributed by atoms with van der Waals surface area (Å²) in [7, 11) is -10.2. The van der Waals surface area contributed by atoms with Crippen LogP contribution in [0, 0.1) is 6.42 Å². The van der Waals surface area contributed by atoms with Crippen molar-refractivity contribution in [3.63, 3.8) is 0 Å². The van der Waals surface area contributed by atoms with Crippen molar-refractivity contribution in [2.45, 2.75) is 101 Å². The smallest absolute Gasteiger partial charge is 0.507 e. The third-order valence-corrected chi connectivity index (χ3v) is 13.8. The summed E-state index contributed by atoms with van der Waals surface area (Å²) in [6.45, 7) is 4.46. The lowest BCUT2D eigenvalue weighted by Crippen LogP contribution is -3.10. The Hall–Kier alpha value is -3.82. The van der Waals surface area contributed by atoms with Crippen molar-refractivity contribution in [3.8, 4) is 0 Å². The summed E-state index contributed by atoms with van der Waals surface area (Å²) in [5.41, 5.74) is -3.65. The van der Waals surface area contributed by atoms with Gasteiger partial charge in [0.25, 0.3) is 23.8 Å². The van der Waals surface area contributed by atoms with Crippen molar-refractivity contribution in [2.24, 2.45) is 0 Å². The van der Waals surface area contributed by atoms with E-state index in [1.165, 1.54) is 0 Å². The largest absolute Gasteiger partial charge is 0.601 e. The third kappa shape index (κ3) is 12.0. The van der Waals surface area contributed by atoms with Crippen LogP contribution in [0.15, 0.2) is 43.7 Å². The van der Waals surface area contributed by atoms with Crippen molar-refractivity contribution in [2.75, 3.05) is 46.0 Å². The Labute approximate surface area is 379 Å². The van der Waals surface area contributed by atoms with Gasteiger partial charge in [0.2, 0.25) is 6.23 Å². The normalized spacial score (nSPS) is 31.7. The predicted molar refractivity (Wildman–Crippen MR) is 216 cm³/mol. The number of aromatic amines is 2. The second-order valence-electron chi connectivity index (χ2n) is 15.2. The number of aliphatic hydroxyl groups is 5. The number of amides is 3. The fraction of sp³-hybridized carbons (Fsp3) is 0.657. The number of nitrogens with zero attached hydrogens (tertiary/aromatic N) is 3. The van der Waals surface area contributed by atoms with Crippen LogP contribution in [-0.2, 0) is 46.3 Å². The van der Waals surface area contributed by atoms with Gasteiger partial charge in [-0.25, -0.2) is 9.59 Å². The van der Waals surface area contributed by atoms with Gasteiger partial charge in [0.05, 0.1) is 6.61 Å². The molecule has 3 fully saturated rings. The number of phosphoric acid groups is 2. The van der Waals surface area contributed by atoms with E-state index in [2.05, 4.69) is 0 Å². The summed E-state index contributed by atoms with van der Waals surface area (Å²) in [6.07, 6.45) is -16.9. The molecule has 6 heterocycles. The zero-order chi connectivity index (χ0) is 49.0. The lowest BCUT2D eigenvalue weighted by atomic mass is 10.1. The van der Waals surface area contributed by atoms with Gasteiger partial charge in [-0.2, -0.15) is 27.7 Å². The molecule has 30 nitrogen and oxygen atoms in total. The SMILES string of the molecule is CC[NH+](CC)O[P+]([O-])(OC[C@H]1O[C@@H](n2ccc(=O)[nH]c2=O)[C@H](O)[C@@H]1O[P+]([O-])(OC[C@H]1O[C@@H]([N+]2=C[CH+]C(=O)NC2=O)[C@H](O)[C@@H]1O)O[NH+](CC)CC)O[C@H]1[C@@H](O)[C@H](n2ccc(=O)[nH]c2=O)O[C@@H]1CO. The summed E-state index contributed by atoms with van der Waals surface area (Å²) in [6, 6.07) is 0.907. The topological polar surface area (TPSA) is 398 Å². The van der Waals surface area contributed by atoms with Gasteiger partial charge < -0.3 is 49.5 Å². The minimum atomic E-state index is -5.09. The molecule has 0 aliphatic carbocycles. The Bertz CT molecular complexity index is 2310. The monoisotopic (exact) mass is 1000 g/mol. The highest BCUT2D eigenvalue weighted by atomic mass is 31.2. The van der Waals surface area contributed by atoms with E-state index in [1.54, 1.807) is 27.7 Å². The lowest BCUT2D eigenvalue weighted by Gasteiger charge is -2.32. The summed E-state index contributed by atoms with van der Waals surface area (Å²) in [5, 5.41) is 57.3. The van der Waals surface area contributed by atoms with Crippen molar-refractivity contribution in [3.05, 3.63) is 72.6 Å². The number of ether oxygens (including phenoxy) is 3. The first-order chi connectivity index (χ1) is 31.8. The molecule has 14 atom stereocenters. The number of rotatable bonds is 22. The minimum absolute atomic E-state index is 0.134. The third-order valence-electron chi connectivity index (χ3n) is 10.9. The molecule has 32 heteroatoms. The molecule has 3 saturated heterocycles. The fourth-order valence-electron chi connectivity index (χ4n) is 7.28. The van der Waals surface area contributed by atoms with Crippen LogP contribution in [0.1, 0.15) is 40.2 Å². The number of quaternary nitrogens is 2. The van der Waals surface area contributed by atoms with E-state index in [-0.39, 0.29) is 36.3 Å². The van der Waals surface area contributed by atoms with E-state index in [0.29, 0.717) is 0 Å². The van der Waals surface area contributed by atoms with E-state index < -0.39 is 144 Å². The molecule has 0 saturated carbocycles. The molecule has 4 aliphatic rings. The number of imide groups is 1. The molecule has 3 amide bonds. The first kappa shape index (κ1) is 52.5. The van der Waals surface area contributed by atoms with Crippen LogP contribution in [0.3, 0.4) is 0 Å². The van der Waals surface area contributed by atoms with Crippen LogP contribution in [-0.4, -0.2) is 175 Å². The number of carbonyl (C=O) groups excluding carboxylic acids is 2. The van der Waals surface area contributed by atoms with E-state index in [9.17, 15) is 64.1 Å². The molecule has 67 heavy (non-hydrogen) atoms. The molecule has 0 spiro atoms. The number of aromatic nitrogens is 4. The zero-order valence-corrected chi connectivity index (χ0v) is 38.0. The van der Waals surface area contributed by atoms with Gasteiger partial charge in [0.15, 0.2) is 24.7 Å². The van der Waals surface area contributed by atoms with Gasteiger partial charge in [-0.1, -0.05) is 0 Å². The van der Waals surface area contributed by atoms with Gasteiger partial charge in [0.1, 0.15) is 82.1 Å². The van der Waals surface area contributed by atoms with E-state index in [4.69, 9.17) is 41.6 Å². The van der Waals surface area contributed by atoms with E-state index >= 15 is 0 Å². The molecule has 2 aromatic heterocycles. The van der Waals surface area contributed by atoms with Crippen LogP contribution in [0.4, 0.5) is 4.79 Å². The molecule has 0 bridgehead atoms. The maximum absolute atomic E-state index is 14.8. The zero-order valence-electron chi connectivity index (χ0n) is 36.3. The number of aliphatic hydroxyl groups excluding tert-OH is 5. The Morgan fingerprint density at radius 1 is 0.701 bits per heavy atom. The summed E-state index contributed by atoms with van der Waals surface area (Å²) in [5.74, 6) is -0.750. The van der Waals surface area contributed by atoms with Crippen molar-refractivity contribution in [1.29, 1.82) is 0 Å². The second kappa shape index (κ2) is 22.3. The standard InChI is InChI=1S/C35H50N8O22P2/c1-5-39(6-2)64-66(55,57-16-19-24(48)25(49)30(60-19)41-12-9-21(45)36-33(41)52)63-29-20(61-32(27(29)51)43-14-11-23(47)38-35(43)54)17-58-67(56,65-40(7-3)8-4)62-28-18(15-44)59-31(26(28)50)42-13-10-22(46)37-34(42)53/h9-14,18-20,24-32,44,48-51H,5-8,15-17H2,1-4H3,(H-2,36,37,38,45,46,47,52,53,54)/p+4/t18-,19-,20-,24-,25-,26-,27-,28-,29-,30-,31-,32-,66?,67?/m1/s1. The summed E-state index contributed by atoms with van der Waals surface area (Å²) < 4.78 is 54.3. The molecule has 0 aromatic carbocycles. The minimum Gasteiger partial charge on any atom is -0.601 e. The lowest BCUT2D eigenvalue weighted by molar-refractivity contribution is -1.07. The second-order valence-corrected chi connectivity index (χ2v) is 18.3. The fourth-order valence-corrected chi connectivity index (χ4v) is 10.5. The highest BCUT2D eigenvalue weighted by Crippen LogP contribution is 2.58. The molecular weight excluding hydrogens is 946 g/mol. The molecule has 10 N–H and O–H groups in total.